The van der Waals surface area contributed by atoms with Crippen molar-refractivity contribution in [2.45, 2.75) is 6.42 Å². The number of hydrogen-bond acceptors (Lipinski definition) is 3. The highest BCUT2D eigenvalue weighted by Gasteiger charge is 2.62. The first kappa shape index (κ1) is 6.12. The molecule has 0 radical (unpaired) electrons. The van der Waals surface area contributed by atoms with Crippen molar-refractivity contribution in [3.05, 3.63) is 0 Å². The highest BCUT2D eigenvalue weighted by Crippen LogP contribution is 2.54. The third-order valence-corrected chi connectivity index (χ3v) is 2.65. The molecule has 2 atom stereocenters. The van der Waals surface area contributed by atoms with E-state index in [9.17, 15) is 4.79 Å². The van der Waals surface area contributed by atoms with Gasteiger partial charge in [0, 0.05) is 6.54 Å². The number of nitrogens with two attached hydrogens (primary N) is 1. The van der Waals surface area contributed by atoms with Gasteiger partial charge in [-0.25, -0.2) is 5.84 Å². The third-order valence-electron chi connectivity index (χ3n) is 2.65. The summed E-state index contributed by atoms with van der Waals surface area (Å²) in [6.07, 6.45) is 1.02. The van der Waals surface area contributed by atoms with E-state index >= 15 is 0 Å². The molecule has 4 N–H and O–H groups in total. The molecule has 56 valence electrons. The molecule has 4 nitrogen and oxygen atoms in total. The summed E-state index contributed by atoms with van der Waals surface area (Å²) in [5, 5.41) is 3.16. The van der Waals surface area contributed by atoms with Gasteiger partial charge in [-0.2, -0.15) is 0 Å². The molecule has 2 unspecified atom stereocenters. The molecule has 1 aliphatic heterocycles. The van der Waals surface area contributed by atoms with Gasteiger partial charge in [-0.15, -0.1) is 0 Å². The molecular weight excluding hydrogens is 130 g/mol. The summed E-state index contributed by atoms with van der Waals surface area (Å²) >= 11 is 0. The topological polar surface area (TPSA) is 67.1 Å². The Labute approximate surface area is 59.1 Å². The van der Waals surface area contributed by atoms with Crippen molar-refractivity contribution in [3.63, 3.8) is 0 Å². The van der Waals surface area contributed by atoms with Gasteiger partial charge in [0.05, 0.1) is 5.41 Å². The number of rotatable bonds is 1. The van der Waals surface area contributed by atoms with E-state index in [-0.39, 0.29) is 11.3 Å². The Hall–Kier alpha value is -0.610. The summed E-state index contributed by atoms with van der Waals surface area (Å²) in [4.78, 5) is 11.1. The zero-order valence-electron chi connectivity index (χ0n) is 5.68. The van der Waals surface area contributed by atoms with Crippen LogP contribution in [-0.4, -0.2) is 19.0 Å². The smallest absolute Gasteiger partial charge is 0.241 e. The Kier molecular flexibility index (Phi) is 1.04. The lowest BCUT2D eigenvalue weighted by atomic mass is 10.1. The fraction of sp³-hybridized carbons (Fsp3) is 0.833. The summed E-state index contributed by atoms with van der Waals surface area (Å²) in [5.74, 6) is 5.59. The van der Waals surface area contributed by atoms with E-state index in [2.05, 4.69) is 10.7 Å². The standard InChI is InChI=1S/C6H11N3O/c7-9-5(10)6-1-4(6)2-8-3-6/h4,8H,1-3,7H2,(H,9,10). The average Bonchev–Trinajstić information content (AvgIpc) is 2.54. The summed E-state index contributed by atoms with van der Waals surface area (Å²) in [7, 11) is 0. The van der Waals surface area contributed by atoms with Crippen molar-refractivity contribution in [1.29, 1.82) is 0 Å². The van der Waals surface area contributed by atoms with Crippen LogP contribution in [0.2, 0.25) is 0 Å². The van der Waals surface area contributed by atoms with Crippen LogP contribution in [-0.2, 0) is 4.79 Å². The average molecular weight is 141 g/mol. The van der Waals surface area contributed by atoms with Crippen LogP contribution in [0.1, 0.15) is 6.42 Å². The number of hydrogen-bond donors (Lipinski definition) is 3. The highest BCUT2D eigenvalue weighted by atomic mass is 16.2. The van der Waals surface area contributed by atoms with Gasteiger partial charge < -0.3 is 5.32 Å². The number of carbonyl (C=O) groups excluding carboxylic acids is 1. The molecule has 2 aliphatic rings. The van der Waals surface area contributed by atoms with Crippen molar-refractivity contribution >= 4 is 5.91 Å². The van der Waals surface area contributed by atoms with Gasteiger partial charge >= 0.3 is 0 Å². The minimum atomic E-state index is -0.116. The third kappa shape index (κ3) is 0.552. The normalized spacial score (nSPS) is 42.7. The van der Waals surface area contributed by atoms with Crippen LogP contribution >= 0.6 is 0 Å². The van der Waals surface area contributed by atoms with E-state index in [0.29, 0.717) is 5.92 Å². The lowest BCUT2D eigenvalue weighted by Gasteiger charge is -2.07. The van der Waals surface area contributed by atoms with E-state index in [1.54, 1.807) is 0 Å². The molecule has 1 aliphatic carbocycles. The van der Waals surface area contributed by atoms with E-state index in [1.807, 2.05) is 0 Å². The summed E-state index contributed by atoms with van der Waals surface area (Å²) in [5.41, 5.74) is 2.09. The Bertz CT molecular complexity index is 182. The molecule has 2 rings (SSSR count). The van der Waals surface area contributed by atoms with Gasteiger partial charge in [0.15, 0.2) is 0 Å². The molecule has 1 amide bonds. The van der Waals surface area contributed by atoms with Crippen LogP contribution in [0.15, 0.2) is 0 Å². The molecule has 0 aromatic rings. The fourth-order valence-electron chi connectivity index (χ4n) is 1.84. The van der Waals surface area contributed by atoms with Gasteiger partial charge in [0.25, 0.3) is 0 Å². The number of hydrazine groups is 1. The van der Waals surface area contributed by atoms with Gasteiger partial charge in [0.2, 0.25) is 5.91 Å². The maximum atomic E-state index is 11.1. The van der Waals surface area contributed by atoms with E-state index in [1.165, 1.54) is 0 Å². The zero-order chi connectivity index (χ0) is 7.19. The van der Waals surface area contributed by atoms with Gasteiger partial charge in [-0.05, 0) is 18.9 Å². The van der Waals surface area contributed by atoms with Gasteiger partial charge in [-0.1, -0.05) is 0 Å². The van der Waals surface area contributed by atoms with E-state index in [0.717, 1.165) is 19.5 Å². The van der Waals surface area contributed by atoms with Crippen molar-refractivity contribution in [2.24, 2.45) is 17.2 Å². The number of piperidine rings is 1. The second kappa shape index (κ2) is 1.71. The predicted octanol–water partition coefficient (Wildman–Crippen LogP) is -1.41. The van der Waals surface area contributed by atoms with Crippen molar-refractivity contribution in [3.8, 4) is 0 Å². The largest absolute Gasteiger partial charge is 0.315 e. The quantitative estimate of drug-likeness (QED) is 0.239. The Morgan fingerprint density at radius 2 is 2.60 bits per heavy atom. The van der Waals surface area contributed by atoms with Crippen molar-refractivity contribution < 1.29 is 4.79 Å². The van der Waals surface area contributed by atoms with Gasteiger partial charge in [-0.3, -0.25) is 10.2 Å². The summed E-state index contributed by atoms with van der Waals surface area (Å²) < 4.78 is 0. The monoisotopic (exact) mass is 141 g/mol. The predicted molar refractivity (Wildman–Crippen MR) is 35.7 cm³/mol. The first-order valence-corrected chi connectivity index (χ1v) is 3.51. The molecule has 1 heterocycles. The number of amides is 1. The van der Waals surface area contributed by atoms with E-state index < -0.39 is 0 Å². The van der Waals surface area contributed by atoms with Crippen LogP contribution in [0.4, 0.5) is 0 Å². The first-order valence-electron chi connectivity index (χ1n) is 3.51. The van der Waals surface area contributed by atoms with Crippen LogP contribution in [0.25, 0.3) is 0 Å². The Balaban J connectivity index is 2.11. The number of fused-ring (bicyclic) bond motifs is 1. The highest BCUT2D eigenvalue weighted by molar-refractivity contribution is 5.86. The molecule has 0 bridgehead atoms. The van der Waals surface area contributed by atoms with Gasteiger partial charge in [0.1, 0.15) is 0 Å². The van der Waals surface area contributed by atoms with E-state index in [4.69, 9.17) is 5.84 Å². The number of carbonyl (C=O) groups is 1. The first-order chi connectivity index (χ1) is 4.79. The number of nitrogens with one attached hydrogen (secondary N) is 2. The maximum Gasteiger partial charge on any atom is 0.241 e. The molecule has 10 heavy (non-hydrogen) atoms. The molecular formula is C6H11N3O. The molecule has 0 aromatic carbocycles. The van der Waals surface area contributed by atoms with Crippen LogP contribution in [0.3, 0.4) is 0 Å². The van der Waals surface area contributed by atoms with Crippen LogP contribution in [0.5, 0.6) is 0 Å². The van der Waals surface area contributed by atoms with Crippen LogP contribution in [0, 0.1) is 11.3 Å². The molecule has 2 fully saturated rings. The fourth-order valence-corrected chi connectivity index (χ4v) is 1.84. The molecule has 0 aromatic heterocycles. The molecule has 1 saturated carbocycles. The zero-order valence-corrected chi connectivity index (χ0v) is 5.68. The second-order valence-electron chi connectivity index (χ2n) is 3.16. The Morgan fingerprint density at radius 3 is 3.00 bits per heavy atom. The molecule has 4 heteroatoms. The lowest BCUT2D eigenvalue weighted by molar-refractivity contribution is -0.126. The van der Waals surface area contributed by atoms with Crippen molar-refractivity contribution in [2.75, 3.05) is 13.1 Å². The molecule has 0 spiro atoms. The second-order valence-corrected chi connectivity index (χ2v) is 3.16. The Morgan fingerprint density at radius 1 is 1.80 bits per heavy atom. The minimum absolute atomic E-state index is 0.00231. The SMILES string of the molecule is NNC(=O)C12CNCC1C2. The summed E-state index contributed by atoms with van der Waals surface area (Å²) in [6.45, 7) is 1.79. The lowest BCUT2D eigenvalue weighted by Crippen LogP contribution is -2.39. The minimum Gasteiger partial charge on any atom is -0.315 e. The summed E-state index contributed by atoms with van der Waals surface area (Å²) in [6, 6.07) is 0. The van der Waals surface area contributed by atoms with Crippen molar-refractivity contribution in [1.82, 2.24) is 10.7 Å². The molecule has 1 saturated heterocycles. The van der Waals surface area contributed by atoms with Crippen LogP contribution < -0.4 is 16.6 Å². The maximum absolute atomic E-state index is 11.1.